The van der Waals surface area contributed by atoms with E-state index >= 15 is 0 Å². The van der Waals surface area contributed by atoms with Gasteiger partial charge in [0, 0.05) is 0 Å². The molecule has 0 aliphatic rings. The summed E-state index contributed by atoms with van der Waals surface area (Å²) in [4.78, 5) is 0. The molecule has 0 nitrogen and oxygen atoms in total. The maximum atomic E-state index is 4.27. The third-order valence-electron chi connectivity index (χ3n) is 0.354. The number of unbranched alkanes of at least 4 members (excludes halogenated alkanes) is 1. The van der Waals surface area contributed by atoms with Gasteiger partial charge in [-0.3, -0.25) is 0 Å². The van der Waals surface area contributed by atoms with Crippen molar-refractivity contribution in [3.63, 3.8) is 0 Å². The maximum Gasteiger partial charge on any atom is 1.00 e. The van der Waals surface area contributed by atoms with E-state index < -0.39 is 0 Å². The second-order valence-electron chi connectivity index (χ2n) is 1.14. The Hall–Kier alpha value is 1.79. The molecule has 0 saturated heterocycles. The molecule has 0 unspecified atom stereocenters. The van der Waals surface area contributed by atoms with Crippen LogP contribution in [0, 0.1) is 6.92 Å². The monoisotopic (exact) mass is 190 g/mol. The van der Waals surface area contributed by atoms with Crippen LogP contribution >= 0.6 is 37.5 Å². The zero-order chi connectivity index (χ0) is 6.99. The fraction of sp³-hybridized carbons (Fsp3) is 0.600. The molecule has 0 atom stereocenters. The first-order valence-corrected chi connectivity index (χ1v) is 3.66. The first kappa shape index (κ1) is 17.0. The topological polar surface area (TPSA) is 0 Å². The van der Waals surface area contributed by atoms with Crippen LogP contribution in [0.1, 0.15) is 19.8 Å². The first-order valence-electron chi connectivity index (χ1n) is 2.36. The Bertz CT molecular complexity index is 50.2. The second kappa shape index (κ2) is 16.4. The predicted octanol–water partition coefficient (Wildman–Crippen LogP) is -0.245. The van der Waals surface area contributed by atoms with Gasteiger partial charge in [-0.25, -0.2) is 0 Å². The molecular weight excluding hydrogens is 179 g/mol. The standard InChI is InChI=1S/C4H9.CH2S3.Na/c1-3-4-2;2-1(3)4;/h1,3-4H2,2H3;(H2,2,3,4);/q-1;;+1. The van der Waals surface area contributed by atoms with Gasteiger partial charge in [-0.2, -0.15) is 6.42 Å². The van der Waals surface area contributed by atoms with Crippen LogP contribution in [0.4, 0.5) is 0 Å². The molecule has 0 spiro atoms. The van der Waals surface area contributed by atoms with Crippen molar-refractivity contribution in [2.45, 2.75) is 19.8 Å². The van der Waals surface area contributed by atoms with Crippen LogP contribution < -0.4 is 29.6 Å². The van der Waals surface area contributed by atoms with Crippen molar-refractivity contribution in [2.24, 2.45) is 0 Å². The number of thiol groups is 2. The Morgan fingerprint density at radius 3 is 1.67 bits per heavy atom. The molecule has 0 aliphatic heterocycles. The zero-order valence-electron chi connectivity index (χ0n) is 5.92. The Kier molecular flexibility index (Phi) is 31.1. The molecule has 0 aromatic heterocycles. The summed E-state index contributed by atoms with van der Waals surface area (Å²) < 4.78 is 0.389. The van der Waals surface area contributed by atoms with Crippen molar-refractivity contribution in [1.82, 2.24) is 0 Å². The van der Waals surface area contributed by atoms with E-state index in [0.29, 0.717) is 3.53 Å². The van der Waals surface area contributed by atoms with E-state index in [1.165, 1.54) is 6.42 Å². The number of hydrogen-bond donors (Lipinski definition) is 2. The van der Waals surface area contributed by atoms with Gasteiger partial charge in [-0.1, -0.05) is 25.6 Å². The Balaban J connectivity index is -0.0000000720. The summed E-state index contributed by atoms with van der Waals surface area (Å²) in [6.07, 6.45) is 2.28. The van der Waals surface area contributed by atoms with Crippen molar-refractivity contribution >= 4 is 41.0 Å². The molecule has 0 radical (unpaired) electrons. The Morgan fingerprint density at radius 1 is 1.56 bits per heavy atom. The second-order valence-corrected chi connectivity index (χ2v) is 3.40. The average molecular weight is 190 g/mol. The molecule has 0 fully saturated rings. The molecule has 9 heavy (non-hydrogen) atoms. The predicted molar refractivity (Wildman–Crippen MR) is 50.8 cm³/mol. The third-order valence-corrected chi connectivity index (χ3v) is 0.354. The van der Waals surface area contributed by atoms with E-state index in [4.69, 9.17) is 0 Å². The molecule has 0 amide bonds. The smallest absolute Gasteiger partial charge is 0.343 e. The normalized spacial score (nSPS) is 6.22. The van der Waals surface area contributed by atoms with Crippen LogP contribution in [-0.4, -0.2) is 3.53 Å². The molecule has 0 aromatic rings. The summed E-state index contributed by atoms with van der Waals surface area (Å²) in [5, 5.41) is 0. The fourth-order valence-electron chi connectivity index (χ4n) is 0. The summed E-state index contributed by atoms with van der Waals surface area (Å²) in [5.41, 5.74) is 0. The summed E-state index contributed by atoms with van der Waals surface area (Å²) >= 11 is 11.4. The Morgan fingerprint density at radius 2 is 1.67 bits per heavy atom. The zero-order valence-corrected chi connectivity index (χ0v) is 10.5. The summed E-state index contributed by atoms with van der Waals surface area (Å²) in [6, 6.07) is 0. The van der Waals surface area contributed by atoms with Gasteiger partial charge >= 0.3 is 29.6 Å². The Labute approximate surface area is 96.3 Å². The van der Waals surface area contributed by atoms with Gasteiger partial charge in [0.15, 0.2) is 0 Å². The minimum Gasteiger partial charge on any atom is -0.343 e. The van der Waals surface area contributed by atoms with Gasteiger partial charge in [0.25, 0.3) is 0 Å². The van der Waals surface area contributed by atoms with Crippen LogP contribution in [0.25, 0.3) is 0 Å². The van der Waals surface area contributed by atoms with Crippen molar-refractivity contribution in [3.8, 4) is 0 Å². The number of rotatable bonds is 1. The van der Waals surface area contributed by atoms with E-state index in [1.807, 2.05) is 0 Å². The van der Waals surface area contributed by atoms with E-state index in [1.54, 1.807) is 0 Å². The van der Waals surface area contributed by atoms with Crippen molar-refractivity contribution < 1.29 is 29.6 Å². The molecule has 0 aromatic carbocycles. The summed E-state index contributed by atoms with van der Waals surface area (Å²) in [5.74, 6) is 0. The molecule has 50 valence electrons. The molecular formula is C5H11NaS3. The third kappa shape index (κ3) is 76.3. The van der Waals surface area contributed by atoms with Gasteiger partial charge in [-0.15, -0.1) is 25.3 Å². The molecule has 0 N–H and O–H groups in total. The van der Waals surface area contributed by atoms with E-state index in [2.05, 4.69) is 51.3 Å². The first-order chi connectivity index (χ1) is 3.65. The SMILES string of the molecule is S=C(S)S.[CH2-]CCC.[Na+]. The van der Waals surface area contributed by atoms with Gasteiger partial charge in [0.2, 0.25) is 0 Å². The molecule has 0 aliphatic carbocycles. The van der Waals surface area contributed by atoms with E-state index in [-0.39, 0.29) is 29.6 Å². The molecule has 0 saturated carbocycles. The van der Waals surface area contributed by atoms with Gasteiger partial charge < -0.3 is 6.92 Å². The number of thiocarbonyl (C=S) groups is 1. The summed E-state index contributed by atoms with van der Waals surface area (Å²) in [6.45, 7) is 5.72. The maximum absolute atomic E-state index is 4.27. The van der Waals surface area contributed by atoms with E-state index in [9.17, 15) is 0 Å². The van der Waals surface area contributed by atoms with E-state index in [0.717, 1.165) is 6.42 Å². The van der Waals surface area contributed by atoms with Crippen LogP contribution in [0.15, 0.2) is 0 Å². The van der Waals surface area contributed by atoms with Crippen molar-refractivity contribution in [3.05, 3.63) is 6.92 Å². The largest absolute Gasteiger partial charge is 1.00 e. The minimum atomic E-state index is 0. The van der Waals surface area contributed by atoms with Crippen LogP contribution in [0.2, 0.25) is 0 Å². The molecule has 0 bridgehead atoms. The molecule has 4 heteroatoms. The quantitative estimate of drug-likeness (QED) is 0.249. The van der Waals surface area contributed by atoms with Gasteiger partial charge in [-0.05, 0) is 0 Å². The molecule has 0 rings (SSSR count). The van der Waals surface area contributed by atoms with Gasteiger partial charge in [0.1, 0.15) is 0 Å². The average Bonchev–Trinajstić information content (AvgIpc) is 1.65. The van der Waals surface area contributed by atoms with Crippen molar-refractivity contribution in [2.75, 3.05) is 0 Å². The van der Waals surface area contributed by atoms with Gasteiger partial charge in [0.05, 0.1) is 3.53 Å². The minimum absolute atomic E-state index is 0. The van der Waals surface area contributed by atoms with Crippen molar-refractivity contribution in [1.29, 1.82) is 0 Å². The van der Waals surface area contributed by atoms with Crippen LogP contribution in [-0.2, 0) is 0 Å². The van der Waals surface area contributed by atoms with Crippen LogP contribution in [0.5, 0.6) is 0 Å². The summed E-state index contributed by atoms with van der Waals surface area (Å²) in [7, 11) is 0. The van der Waals surface area contributed by atoms with Crippen LogP contribution in [0.3, 0.4) is 0 Å². The molecule has 0 heterocycles. The fourth-order valence-corrected chi connectivity index (χ4v) is 0. The number of hydrogen-bond acceptors (Lipinski definition) is 1.